The van der Waals surface area contributed by atoms with Crippen LogP contribution < -0.4 is 10.6 Å². The van der Waals surface area contributed by atoms with Crippen molar-refractivity contribution >= 4 is 17.8 Å². The number of carbonyl (C=O) groups excluding carboxylic acids is 1. The van der Waals surface area contributed by atoms with Crippen LogP contribution in [0.15, 0.2) is 16.5 Å². The van der Waals surface area contributed by atoms with Crippen molar-refractivity contribution in [3.63, 3.8) is 0 Å². The minimum absolute atomic E-state index is 0.107. The monoisotopic (exact) mass is 256 g/mol. The summed E-state index contributed by atoms with van der Waals surface area (Å²) in [6, 6.07) is 2.86. The van der Waals surface area contributed by atoms with Gasteiger partial charge in [0.1, 0.15) is 0 Å². The van der Waals surface area contributed by atoms with Gasteiger partial charge >= 0.3 is 5.97 Å². The number of carboxylic acid groups (broad SMARTS) is 1. The first-order valence-corrected chi connectivity index (χ1v) is 5.46. The standard InChI is InChI=1S/C11H16N2O5/c1-17-7-6-12-9(14)4-5-13-10-3-2-8(18-10)11(15)16/h2-3,13H,4-7H2,1H3,(H,12,14)(H,15,16). The van der Waals surface area contributed by atoms with Crippen molar-refractivity contribution in [2.75, 3.05) is 32.1 Å². The van der Waals surface area contributed by atoms with Crippen LogP contribution >= 0.6 is 0 Å². The number of anilines is 1. The van der Waals surface area contributed by atoms with Crippen LogP contribution in [0.4, 0.5) is 5.88 Å². The van der Waals surface area contributed by atoms with E-state index in [0.29, 0.717) is 25.6 Å². The number of hydrogen-bond acceptors (Lipinski definition) is 5. The molecule has 7 heteroatoms. The van der Waals surface area contributed by atoms with Crippen molar-refractivity contribution in [2.45, 2.75) is 6.42 Å². The zero-order chi connectivity index (χ0) is 13.4. The summed E-state index contributed by atoms with van der Waals surface area (Å²) in [6.45, 7) is 1.31. The highest BCUT2D eigenvalue weighted by molar-refractivity contribution is 5.84. The van der Waals surface area contributed by atoms with Crippen LogP contribution in [-0.2, 0) is 9.53 Å². The second-order valence-electron chi connectivity index (χ2n) is 3.49. The van der Waals surface area contributed by atoms with Crippen molar-refractivity contribution < 1.29 is 23.8 Å². The maximum Gasteiger partial charge on any atom is 0.371 e. The third-order valence-electron chi connectivity index (χ3n) is 2.10. The lowest BCUT2D eigenvalue weighted by Gasteiger charge is -2.05. The molecule has 1 heterocycles. The van der Waals surface area contributed by atoms with E-state index in [2.05, 4.69) is 10.6 Å². The third-order valence-corrected chi connectivity index (χ3v) is 2.10. The number of aromatic carboxylic acids is 1. The minimum Gasteiger partial charge on any atom is -0.475 e. The Labute approximate surface area is 104 Å². The molecule has 0 aliphatic rings. The molecule has 0 fully saturated rings. The lowest BCUT2D eigenvalue weighted by molar-refractivity contribution is -0.121. The molecular weight excluding hydrogens is 240 g/mol. The number of ether oxygens (including phenoxy) is 1. The van der Waals surface area contributed by atoms with Crippen molar-refractivity contribution in [3.8, 4) is 0 Å². The van der Waals surface area contributed by atoms with Crippen LogP contribution in [0, 0.1) is 0 Å². The van der Waals surface area contributed by atoms with Gasteiger partial charge in [-0.1, -0.05) is 0 Å². The Kier molecular flexibility index (Phi) is 5.72. The molecule has 0 aliphatic heterocycles. The van der Waals surface area contributed by atoms with Gasteiger partial charge in [0.05, 0.1) is 6.61 Å². The summed E-state index contributed by atoms with van der Waals surface area (Å²) in [5.41, 5.74) is 0. The molecule has 3 N–H and O–H groups in total. The zero-order valence-corrected chi connectivity index (χ0v) is 10.1. The molecule has 0 saturated heterocycles. The van der Waals surface area contributed by atoms with E-state index >= 15 is 0 Å². The fourth-order valence-electron chi connectivity index (χ4n) is 1.23. The van der Waals surface area contributed by atoms with E-state index in [0.717, 1.165) is 0 Å². The molecule has 0 spiro atoms. The molecule has 0 aromatic carbocycles. The van der Waals surface area contributed by atoms with Gasteiger partial charge in [-0.05, 0) is 6.07 Å². The Balaban J connectivity index is 2.20. The number of rotatable bonds is 8. The van der Waals surface area contributed by atoms with Crippen molar-refractivity contribution in [1.82, 2.24) is 5.32 Å². The van der Waals surface area contributed by atoms with Gasteiger partial charge in [0.25, 0.3) is 0 Å². The molecule has 1 amide bonds. The van der Waals surface area contributed by atoms with Crippen molar-refractivity contribution in [1.29, 1.82) is 0 Å². The largest absolute Gasteiger partial charge is 0.475 e. The summed E-state index contributed by atoms with van der Waals surface area (Å²) in [5, 5.41) is 14.1. The molecule has 1 aromatic heterocycles. The maximum atomic E-state index is 11.3. The van der Waals surface area contributed by atoms with E-state index in [9.17, 15) is 9.59 Å². The molecular formula is C11H16N2O5. The van der Waals surface area contributed by atoms with Crippen LogP contribution in [0.1, 0.15) is 17.0 Å². The van der Waals surface area contributed by atoms with E-state index in [1.807, 2.05) is 0 Å². The molecule has 1 rings (SSSR count). The Bertz CT molecular complexity index is 402. The number of carbonyl (C=O) groups is 2. The average molecular weight is 256 g/mol. The van der Waals surface area contributed by atoms with Gasteiger partial charge in [-0.15, -0.1) is 0 Å². The number of amides is 1. The van der Waals surface area contributed by atoms with Gasteiger partial charge in [-0.3, -0.25) is 4.79 Å². The normalized spacial score (nSPS) is 10.1. The number of methoxy groups -OCH3 is 1. The molecule has 0 radical (unpaired) electrons. The number of hydrogen-bond donors (Lipinski definition) is 3. The lowest BCUT2D eigenvalue weighted by Crippen LogP contribution is -2.28. The fraction of sp³-hybridized carbons (Fsp3) is 0.455. The SMILES string of the molecule is COCCNC(=O)CCNc1ccc(C(=O)O)o1. The number of furan rings is 1. The second kappa shape index (κ2) is 7.33. The molecule has 0 bridgehead atoms. The van der Waals surface area contributed by atoms with Gasteiger partial charge in [0.2, 0.25) is 11.7 Å². The van der Waals surface area contributed by atoms with E-state index in [4.69, 9.17) is 14.3 Å². The molecule has 0 atom stereocenters. The Morgan fingerprint density at radius 3 is 2.78 bits per heavy atom. The van der Waals surface area contributed by atoms with Gasteiger partial charge in [0, 0.05) is 32.7 Å². The summed E-state index contributed by atoms with van der Waals surface area (Å²) >= 11 is 0. The second-order valence-corrected chi connectivity index (χ2v) is 3.49. The first-order chi connectivity index (χ1) is 8.63. The first-order valence-electron chi connectivity index (χ1n) is 5.46. The third kappa shape index (κ3) is 4.88. The predicted molar refractivity (Wildman–Crippen MR) is 63.7 cm³/mol. The predicted octanol–water partition coefficient (Wildman–Crippen LogP) is 0.542. The van der Waals surface area contributed by atoms with Crippen LogP contribution in [0.3, 0.4) is 0 Å². The van der Waals surface area contributed by atoms with E-state index in [-0.39, 0.29) is 18.1 Å². The average Bonchev–Trinajstić information content (AvgIpc) is 2.78. The number of nitrogens with one attached hydrogen (secondary N) is 2. The van der Waals surface area contributed by atoms with Gasteiger partial charge in [0.15, 0.2) is 5.88 Å². The van der Waals surface area contributed by atoms with Gasteiger partial charge in [-0.2, -0.15) is 0 Å². The molecule has 7 nitrogen and oxygen atoms in total. The summed E-state index contributed by atoms with van der Waals surface area (Å²) in [6.07, 6.45) is 0.271. The minimum atomic E-state index is -1.12. The molecule has 0 unspecified atom stereocenters. The Morgan fingerprint density at radius 2 is 2.17 bits per heavy atom. The zero-order valence-electron chi connectivity index (χ0n) is 10.1. The summed E-state index contributed by atoms with van der Waals surface area (Å²) < 4.78 is 9.75. The van der Waals surface area contributed by atoms with Crippen LogP contribution in [-0.4, -0.2) is 43.8 Å². The summed E-state index contributed by atoms with van der Waals surface area (Å²) in [4.78, 5) is 21.8. The topological polar surface area (TPSA) is 101 Å². The summed E-state index contributed by atoms with van der Waals surface area (Å²) in [5.74, 6) is -1.04. The smallest absolute Gasteiger partial charge is 0.371 e. The van der Waals surface area contributed by atoms with E-state index in [1.54, 1.807) is 7.11 Å². The molecule has 100 valence electrons. The van der Waals surface area contributed by atoms with Gasteiger partial charge in [-0.25, -0.2) is 4.79 Å². The van der Waals surface area contributed by atoms with Crippen LogP contribution in [0.5, 0.6) is 0 Å². The lowest BCUT2D eigenvalue weighted by atomic mass is 10.4. The highest BCUT2D eigenvalue weighted by Crippen LogP contribution is 2.12. The van der Waals surface area contributed by atoms with Crippen molar-refractivity contribution in [2.24, 2.45) is 0 Å². The Hall–Kier alpha value is -2.02. The Morgan fingerprint density at radius 1 is 1.39 bits per heavy atom. The number of carboxylic acids is 1. The fourth-order valence-corrected chi connectivity index (χ4v) is 1.23. The molecule has 0 saturated carbocycles. The highest BCUT2D eigenvalue weighted by atomic mass is 16.5. The van der Waals surface area contributed by atoms with Crippen LogP contribution in [0.2, 0.25) is 0 Å². The first kappa shape index (κ1) is 14.0. The van der Waals surface area contributed by atoms with Crippen LogP contribution in [0.25, 0.3) is 0 Å². The van der Waals surface area contributed by atoms with E-state index < -0.39 is 5.97 Å². The quantitative estimate of drug-likeness (QED) is 0.587. The molecule has 0 aliphatic carbocycles. The van der Waals surface area contributed by atoms with Gasteiger partial charge < -0.3 is 24.9 Å². The molecule has 18 heavy (non-hydrogen) atoms. The summed E-state index contributed by atoms with van der Waals surface area (Å²) in [7, 11) is 1.56. The highest BCUT2D eigenvalue weighted by Gasteiger charge is 2.08. The van der Waals surface area contributed by atoms with Crippen molar-refractivity contribution in [3.05, 3.63) is 17.9 Å². The maximum absolute atomic E-state index is 11.3. The molecule has 1 aromatic rings. The van der Waals surface area contributed by atoms with E-state index in [1.165, 1.54) is 12.1 Å².